The van der Waals surface area contributed by atoms with Crippen LogP contribution in [0.5, 0.6) is 0 Å². The minimum Gasteiger partial charge on any atom is -0.480 e. The van der Waals surface area contributed by atoms with E-state index in [4.69, 9.17) is 21.5 Å². The summed E-state index contributed by atoms with van der Waals surface area (Å²) in [4.78, 5) is 52.5. The van der Waals surface area contributed by atoms with Crippen LogP contribution < -0.4 is 15.8 Å². The molecule has 3 atom stereocenters. The molecule has 0 spiro atoms. The number of amides is 2. The number of nitrogens with zero attached hydrogens (tertiary/aromatic N) is 1. The number of carbonyl (C=O) groups excluding carboxylic acids is 3. The Morgan fingerprint density at radius 2 is 1.78 bits per heavy atom. The molecule has 4 rings (SSSR count). The normalized spacial score (nSPS) is 15.7. The summed E-state index contributed by atoms with van der Waals surface area (Å²) in [6, 6.07) is 15.2. The molecule has 1 aliphatic heterocycles. The Bertz CT molecular complexity index is 1740. The Kier molecular flexibility index (Phi) is 11.2. The molecular weight excluding hydrogens is 636 g/mol. The molecule has 3 aromatic rings. The SMILES string of the molecule is CCOC(=O)[C@H](CCc1ccccc1)N[C@@H](C)C(=O)N1Cc2cc(NC(=O)c3ccc(Cl)c(S(N)(=O)=O)c3)ccc2C[C@H]1C(=O)O. The average molecular weight is 671 g/mol. The maximum Gasteiger partial charge on any atom is 0.326 e. The number of carboxylic acid groups (broad SMARTS) is 1. The van der Waals surface area contributed by atoms with E-state index in [2.05, 4.69) is 10.6 Å². The van der Waals surface area contributed by atoms with E-state index < -0.39 is 56.8 Å². The minimum atomic E-state index is -4.17. The predicted molar refractivity (Wildman–Crippen MR) is 171 cm³/mol. The molecule has 3 aromatic carbocycles. The van der Waals surface area contributed by atoms with E-state index >= 15 is 0 Å². The summed E-state index contributed by atoms with van der Waals surface area (Å²) < 4.78 is 28.9. The van der Waals surface area contributed by atoms with Gasteiger partial charge in [-0.1, -0.05) is 48.0 Å². The molecule has 1 aliphatic rings. The number of nitrogens with one attached hydrogen (secondary N) is 2. The Hall–Kier alpha value is -4.30. The molecule has 14 heteroatoms. The Morgan fingerprint density at radius 3 is 2.43 bits per heavy atom. The number of nitrogens with two attached hydrogens (primary N) is 1. The van der Waals surface area contributed by atoms with Gasteiger partial charge in [-0.3, -0.25) is 19.7 Å². The van der Waals surface area contributed by atoms with Crippen molar-refractivity contribution in [3.8, 4) is 0 Å². The van der Waals surface area contributed by atoms with Crippen LogP contribution in [-0.4, -0.2) is 66.9 Å². The maximum atomic E-state index is 13.7. The van der Waals surface area contributed by atoms with Gasteiger partial charge in [-0.15, -0.1) is 0 Å². The zero-order valence-corrected chi connectivity index (χ0v) is 26.8. The van der Waals surface area contributed by atoms with Crippen molar-refractivity contribution in [2.24, 2.45) is 5.14 Å². The molecule has 0 saturated heterocycles. The Labute approximate surface area is 271 Å². The number of benzene rings is 3. The lowest BCUT2D eigenvalue weighted by molar-refractivity contribution is -0.153. The van der Waals surface area contributed by atoms with E-state index in [1.807, 2.05) is 30.3 Å². The van der Waals surface area contributed by atoms with E-state index in [-0.39, 0.29) is 30.2 Å². The second-order valence-corrected chi connectivity index (χ2v) is 12.8. The van der Waals surface area contributed by atoms with Crippen molar-refractivity contribution in [3.63, 3.8) is 0 Å². The molecule has 1 heterocycles. The highest BCUT2D eigenvalue weighted by Gasteiger charge is 2.37. The monoisotopic (exact) mass is 670 g/mol. The number of ether oxygens (including phenoxy) is 1. The molecule has 0 fully saturated rings. The van der Waals surface area contributed by atoms with Crippen molar-refractivity contribution in [2.45, 2.75) is 62.7 Å². The highest BCUT2D eigenvalue weighted by atomic mass is 35.5. The van der Waals surface area contributed by atoms with Gasteiger partial charge in [0.25, 0.3) is 5.91 Å². The average Bonchev–Trinajstić information content (AvgIpc) is 3.02. The largest absolute Gasteiger partial charge is 0.480 e. The van der Waals surface area contributed by atoms with Crippen LogP contribution in [0.15, 0.2) is 71.6 Å². The van der Waals surface area contributed by atoms with Crippen LogP contribution in [-0.2, 0) is 48.5 Å². The number of rotatable bonds is 12. The molecule has 0 aliphatic carbocycles. The number of carbonyl (C=O) groups is 4. The zero-order chi connectivity index (χ0) is 33.6. The number of fused-ring (bicyclic) bond motifs is 1. The highest BCUT2D eigenvalue weighted by molar-refractivity contribution is 7.89. The third-order valence-corrected chi connectivity index (χ3v) is 9.01. The van der Waals surface area contributed by atoms with Gasteiger partial charge in [0.05, 0.1) is 17.7 Å². The lowest BCUT2D eigenvalue weighted by Gasteiger charge is -2.37. The van der Waals surface area contributed by atoms with Gasteiger partial charge in [0, 0.05) is 24.2 Å². The van der Waals surface area contributed by atoms with E-state index in [0.29, 0.717) is 29.7 Å². The first kappa shape index (κ1) is 34.6. The van der Waals surface area contributed by atoms with Crippen LogP contribution in [0, 0.1) is 0 Å². The molecule has 0 bridgehead atoms. The van der Waals surface area contributed by atoms with Crippen molar-refractivity contribution >= 4 is 51.1 Å². The van der Waals surface area contributed by atoms with Crippen LogP contribution in [0.2, 0.25) is 5.02 Å². The Balaban J connectivity index is 1.51. The van der Waals surface area contributed by atoms with Crippen LogP contribution in [0.3, 0.4) is 0 Å². The molecule has 0 aromatic heterocycles. The maximum absolute atomic E-state index is 13.7. The first-order valence-electron chi connectivity index (χ1n) is 14.5. The second kappa shape index (κ2) is 14.9. The summed E-state index contributed by atoms with van der Waals surface area (Å²) in [7, 11) is -4.17. The third-order valence-electron chi connectivity index (χ3n) is 7.62. The predicted octanol–water partition coefficient (Wildman–Crippen LogP) is 3.12. The number of esters is 1. The van der Waals surface area contributed by atoms with E-state index in [9.17, 15) is 32.7 Å². The number of sulfonamides is 1. The molecule has 5 N–H and O–H groups in total. The van der Waals surface area contributed by atoms with Gasteiger partial charge in [0.1, 0.15) is 17.0 Å². The topological polar surface area (TPSA) is 185 Å². The summed E-state index contributed by atoms with van der Waals surface area (Å²) in [5.74, 6) is -2.83. The van der Waals surface area contributed by atoms with Crippen LogP contribution in [0.1, 0.15) is 47.3 Å². The third kappa shape index (κ3) is 8.49. The summed E-state index contributed by atoms with van der Waals surface area (Å²) >= 11 is 5.93. The molecule has 0 unspecified atom stereocenters. The second-order valence-electron chi connectivity index (χ2n) is 10.9. The molecule has 46 heavy (non-hydrogen) atoms. The molecule has 0 saturated carbocycles. The van der Waals surface area contributed by atoms with Crippen LogP contribution in [0.4, 0.5) is 5.69 Å². The summed E-state index contributed by atoms with van der Waals surface area (Å²) in [5.41, 5.74) is 2.65. The first-order valence-corrected chi connectivity index (χ1v) is 16.5. The molecule has 2 amide bonds. The number of aliphatic carboxylic acids is 1. The van der Waals surface area contributed by atoms with Gasteiger partial charge >= 0.3 is 11.9 Å². The van der Waals surface area contributed by atoms with E-state index in [1.165, 1.54) is 17.0 Å². The first-order chi connectivity index (χ1) is 21.8. The number of primary sulfonamides is 1. The van der Waals surface area contributed by atoms with Crippen molar-refractivity contribution in [1.29, 1.82) is 0 Å². The fourth-order valence-electron chi connectivity index (χ4n) is 5.27. The summed E-state index contributed by atoms with van der Waals surface area (Å²) in [5, 5.41) is 20.8. The quantitative estimate of drug-likeness (QED) is 0.210. The minimum absolute atomic E-state index is 0.00258. The van der Waals surface area contributed by atoms with E-state index in [1.54, 1.807) is 32.0 Å². The number of hydrogen-bond acceptors (Lipinski definition) is 8. The van der Waals surface area contributed by atoms with Crippen LogP contribution in [0.25, 0.3) is 0 Å². The smallest absolute Gasteiger partial charge is 0.326 e. The molecule has 0 radical (unpaired) electrons. The fraction of sp³-hybridized carbons (Fsp3) is 0.312. The van der Waals surface area contributed by atoms with Gasteiger partial charge < -0.3 is 20.1 Å². The number of hydrogen-bond donors (Lipinski definition) is 4. The fourth-order valence-corrected chi connectivity index (χ4v) is 6.34. The van der Waals surface area contributed by atoms with Gasteiger partial charge in [-0.25, -0.2) is 18.4 Å². The van der Waals surface area contributed by atoms with Gasteiger partial charge in [0.2, 0.25) is 15.9 Å². The number of carboxylic acids is 1. The standard InChI is InChI=1S/C32H35ClN4O8S/c1-3-45-32(42)26(14-9-20-7-5-4-6-8-20)35-19(2)30(39)37-18-23-15-24(12-10-21(23)16-27(37)31(40)41)36-29(38)22-11-13-25(33)28(17-22)46(34,43)44/h4-8,10-13,15,17,19,26-27,35H,3,9,14,16,18H2,1-2H3,(H,36,38)(H,40,41)(H2,34,43,44)/t19-,26-,27-/m0/s1. The summed E-state index contributed by atoms with van der Waals surface area (Å²) in [6.45, 7) is 3.37. The van der Waals surface area contributed by atoms with Crippen molar-refractivity contribution in [3.05, 3.63) is 94.0 Å². The zero-order valence-electron chi connectivity index (χ0n) is 25.2. The number of aryl methyl sites for hydroxylation is 1. The van der Waals surface area contributed by atoms with Crippen molar-refractivity contribution in [1.82, 2.24) is 10.2 Å². The summed E-state index contributed by atoms with van der Waals surface area (Å²) in [6.07, 6.45) is 0.948. The van der Waals surface area contributed by atoms with Gasteiger partial charge in [-0.2, -0.15) is 0 Å². The van der Waals surface area contributed by atoms with Gasteiger partial charge in [-0.05, 0) is 73.7 Å². The number of anilines is 1. The molecular formula is C32H35ClN4O8S. The Morgan fingerprint density at radius 1 is 1.07 bits per heavy atom. The van der Waals surface area contributed by atoms with E-state index in [0.717, 1.165) is 11.6 Å². The molecule has 12 nitrogen and oxygen atoms in total. The lowest BCUT2D eigenvalue weighted by atomic mass is 9.92. The lowest BCUT2D eigenvalue weighted by Crippen LogP contribution is -2.56. The molecule has 244 valence electrons. The van der Waals surface area contributed by atoms with Crippen LogP contribution >= 0.6 is 11.6 Å². The van der Waals surface area contributed by atoms with Crippen molar-refractivity contribution < 1.29 is 37.4 Å². The van der Waals surface area contributed by atoms with Crippen molar-refractivity contribution in [2.75, 3.05) is 11.9 Å². The highest BCUT2D eigenvalue weighted by Crippen LogP contribution is 2.28. The number of halogens is 1. The van der Waals surface area contributed by atoms with Gasteiger partial charge in [0.15, 0.2) is 0 Å².